The van der Waals surface area contributed by atoms with Crippen molar-refractivity contribution in [2.75, 3.05) is 27.9 Å². The van der Waals surface area contributed by atoms with E-state index in [0.717, 1.165) is 16.6 Å². The van der Waals surface area contributed by atoms with Crippen LogP contribution in [0.5, 0.6) is 17.2 Å². The van der Waals surface area contributed by atoms with Crippen LogP contribution in [0.3, 0.4) is 0 Å². The number of carbonyl (C=O) groups is 1. The molecule has 6 nitrogen and oxygen atoms in total. The number of methoxy groups -OCH3 is 3. The molecule has 1 heterocycles. The summed E-state index contributed by atoms with van der Waals surface area (Å²) >= 11 is 0. The number of benzene rings is 1. The van der Waals surface area contributed by atoms with Crippen LogP contribution in [0.15, 0.2) is 18.2 Å². The van der Waals surface area contributed by atoms with Crippen molar-refractivity contribution in [1.29, 1.82) is 0 Å². The van der Waals surface area contributed by atoms with Gasteiger partial charge in [-0.15, -0.1) is 0 Å². The number of fused-ring (bicyclic) bond motifs is 1. The van der Waals surface area contributed by atoms with Crippen LogP contribution in [-0.2, 0) is 9.53 Å². The number of H-pyrrole nitrogens is 1. The number of hydrogen-bond acceptors (Lipinski definition) is 5. The Morgan fingerprint density at radius 1 is 1.14 bits per heavy atom. The number of hydrogen-bond donors (Lipinski definition) is 1. The fraction of sp³-hybridized carbons (Fsp3) is 0.312. The summed E-state index contributed by atoms with van der Waals surface area (Å²) in [5.41, 5.74) is 1.51. The summed E-state index contributed by atoms with van der Waals surface area (Å²) < 4.78 is 20.9. The molecule has 22 heavy (non-hydrogen) atoms. The highest BCUT2D eigenvalue weighted by molar-refractivity contribution is 5.94. The van der Waals surface area contributed by atoms with Gasteiger partial charge >= 0.3 is 5.97 Å². The van der Waals surface area contributed by atoms with Crippen molar-refractivity contribution in [1.82, 2.24) is 4.98 Å². The van der Waals surface area contributed by atoms with E-state index in [-0.39, 0.29) is 5.97 Å². The molecule has 0 saturated carbocycles. The van der Waals surface area contributed by atoms with Crippen molar-refractivity contribution in [2.45, 2.75) is 6.92 Å². The Morgan fingerprint density at radius 3 is 2.45 bits per heavy atom. The third-order valence-corrected chi connectivity index (χ3v) is 3.13. The monoisotopic (exact) mass is 305 g/mol. The van der Waals surface area contributed by atoms with E-state index < -0.39 is 0 Å². The van der Waals surface area contributed by atoms with Gasteiger partial charge in [0.1, 0.15) is 0 Å². The molecule has 6 heteroatoms. The lowest BCUT2D eigenvalue weighted by Gasteiger charge is -2.12. The van der Waals surface area contributed by atoms with Crippen LogP contribution >= 0.6 is 0 Å². The summed E-state index contributed by atoms with van der Waals surface area (Å²) in [4.78, 5) is 14.6. The van der Waals surface area contributed by atoms with Gasteiger partial charge in [-0.3, -0.25) is 0 Å². The third-order valence-electron chi connectivity index (χ3n) is 3.13. The number of rotatable bonds is 6. The number of nitrogens with one attached hydrogen (secondary N) is 1. The maximum absolute atomic E-state index is 11.4. The molecule has 0 amide bonds. The van der Waals surface area contributed by atoms with E-state index in [1.165, 1.54) is 6.08 Å². The molecule has 2 rings (SSSR count). The van der Waals surface area contributed by atoms with Crippen LogP contribution in [0.2, 0.25) is 0 Å². The molecule has 118 valence electrons. The van der Waals surface area contributed by atoms with E-state index in [1.54, 1.807) is 34.3 Å². The predicted octanol–water partition coefficient (Wildman–Crippen LogP) is 2.77. The topological polar surface area (TPSA) is 69.8 Å². The van der Waals surface area contributed by atoms with Crippen LogP contribution in [-0.4, -0.2) is 38.9 Å². The first-order valence-electron chi connectivity index (χ1n) is 6.81. The van der Waals surface area contributed by atoms with Crippen LogP contribution in [0, 0.1) is 0 Å². The minimum absolute atomic E-state index is 0.345. The van der Waals surface area contributed by atoms with E-state index >= 15 is 0 Å². The summed E-state index contributed by atoms with van der Waals surface area (Å²) in [6, 6.07) is 3.73. The van der Waals surface area contributed by atoms with Crippen molar-refractivity contribution >= 4 is 22.9 Å². The molecule has 0 aliphatic carbocycles. The second-order valence-electron chi connectivity index (χ2n) is 4.42. The lowest BCUT2D eigenvalue weighted by Crippen LogP contribution is -1.98. The molecule has 0 atom stereocenters. The minimum atomic E-state index is -0.386. The summed E-state index contributed by atoms with van der Waals surface area (Å²) in [5.74, 6) is 1.25. The molecule has 1 aromatic heterocycles. The average Bonchev–Trinajstić information content (AvgIpc) is 2.93. The maximum atomic E-state index is 11.4. The summed E-state index contributed by atoms with van der Waals surface area (Å²) in [6.45, 7) is 2.11. The van der Waals surface area contributed by atoms with Crippen LogP contribution in [0.25, 0.3) is 17.0 Å². The molecule has 0 aliphatic heterocycles. The zero-order chi connectivity index (χ0) is 16.1. The second-order valence-corrected chi connectivity index (χ2v) is 4.42. The molecular weight excluding hydrogens is 286 g/mol. The third kappa shape index (κ3) is 3.00. The van der Waals surface area contributed by atoms with Gasteiger partial charge in [0.15, 0.2) is 11.5 Å². The van der Waals surface area contributed by atoms with Crippen molar-refractivity contribution in [2.24, 2.45) is 0 Å². The van der Waals surface area contributed by atoms with Crippen LogP contribution in [0.4, 0.5) is 0 Å². The molecule has 1 N–H and O–H groups in total. The lowest BCUT2D eigenvalue weighted by atomic mass is 10.2. The Bertz CT molecular complexity index is 702. The molecule has 0 bridgehead atoms. The summed E-state index contributed by atoms with van der Waals surface area (Å²) in [7, 11) is 4.68. The molecule has 0 aliphatic rings. The highest BCUT2D eigenvalue weighted by atomic mass is 16.5. The first-order chi connectivity index (χ1) is 10.6. The van der Waals surface area contributed by atoms with Crippen molar-refractivity contribution in [3.8, 4) is 17.2 Å². The molecule has 0 spiro atoms. The molecule has 2 aromatic rings. The van der Waals surface area contributed by atoms with Gasteiger partial charge in [-0.05, 0) is 25.1 Å². The second kappa shape index (κ2) is 6.89. The van der Waals surface area contributed by atoms with E-state index in [0.29, 0.717) is 23.9 Å². The first kappa shape index (κ1) is 15.8. The number of ether oxygens (including phenoxy) is 4. The van der Waals surface area contributed by atoms with E-state index in [2.05, 4.69) is 4.98 Å². The zero-order valence-electron chi connectivity index (χ0n) is 13.1. The molecule has 0 unspecified atom stereocenters. The molecule has 0 fully saturated rings. The minimum Gasteiger partial charge on any atom is -0.493 e. The standard InChI is InChI=1S/C16H19NO5/c1-5-22-13(18)7-6-11-8-10-9-12(19-2)15(20-3)16(21-4)14(10)17-11/h6-9,17H,5H2,1-4H3. The number of esters is 1. The maximum Gasteiger partial charge on any atom is 0.330 e. The van der Waals surface area contributed by atoms with Gasteiger partial charge in [-0.1, -0.05) is 0 Å². The first-order valence-corrected chi connectivity index (χ1v) is 6.81. The van der Waals surface area contributed by atoms with Gasteiger partial charge in [0.05, 0.1) is 33.5 Å². The van der Waals surface area contributed by atoms with Crippen molar-refractivity contribution in [3.05, 3.63) is 23.9 Å². The highest BCUT2D eigenvalue weighted by Gasteiger charge is 2.17. The smallest absolute Gasteiger partial charge is 0.330 e. The van der Waals surface area contributed by atoms with Gasteiger partial charge in [-0.2, -0.15) is 0 Å². The normalized spacial score (nSPS) is 10.9. The largest absolute Gasteiger partial charge is 0.493 e. The van der Waals surface area contributed by atoms with E-state index in [4.69, 9.17) is 18.9 Å². The molecule has 0 radical (unpaired) electrons. The van der Waals surface area contributed by atoms with Crippen LogP contribution < -0.4 is 14.2 Å². The number of carbonyl (C=O) groups excluding carboxylic acids is 1. The summed E-state index contributed by atoms with van der Waals surface area (Å²) in [6.07, 6.45) is 3.02. The predicted molar refractivity (Wildman–Crippen MR) is 83.6 cm³/mol. The van der Waals surface area contributed by atoms with Gasteiger partial charge in [0, 0.05) is 17.2 Å². The molecule has 1 aromatic carbocycles. The molecule has 0 saturated heterocycles. The quantitative estimate of drug-likeness (QED) is 0.656. The van der Waals surface area contributed by atoms with Crippen molar-refractivity contribution in [3.63, 3.8) is 0 Å². The molecular formula is C16H19NO5. The van der Waals surface area contributed by atoms with Gasteiger partial charge in [0.2, 0.25) is 5.75 Å². The number of aromatic nitrogens is 1. The fourth-order valence-electron chi connectivity index (χ4n) is 2.20. The van der Waals surface area contributed by atoms with Gasteiger partial charge in [-0.25, -0.2) is 4.79 Å². The van der Waals surface area contributed by atoms with Gasteiger partial charge in [0.25, 0.3) is 0 Å². The fourth-order valence-corrected chi connectivity index (χ4v) is 2.20. The Labute approximate surface area is 128 Å². The average molecular weight is 305 g/mol. The van der Waals surface area contributed by atoms with E-state index in [9.17, 15) is 4.79 Å². The Balaban J connectivity index is 2.47. The Kier molecular flexibility index (Phi) is 4.93. The Morgan fingerprint density at radius 2 is 1.86 bits per heavy atom. The summed E-state index contributed by atoms with van der Waals surface area (Å²) in [5, 5.41) is 0.887. The van der Waals surface area contributed by atoms with Crippen molar-refractivity contribution < 1.29 is 23.7 Å². The zero-order valence-corrected chi connectivity index (χ0v) is 13.1. The van der Waals surface area contributed by atoms with Gasteiger partial charge < -0.3 is 23.9 Å². The lowest BCUT2D eigenvalue weighted by molar-refractivity contribution is -0.137. The van der Waals surface area contributed by atoms with E-state index in [1.807, 2.05) is 12.1 Å². The highest BCUT2D eigenvalue weighted by Crippen LogP contribution is 2.43. The Hall–Kier alpha value is -2.63. The number of aromatic amines is 1. The van der Waals surface area contributed by atoms with Crippen LogP contribution in [0.1, 0.15) is 12.6 Å². The SMILES string of the molecule is CCOC(=O)C=Cc1cc2cc(OC)c(OC)c(OC)c2[nH]1.